The molecule has 2 bridgehead atoms. The van der Waals surface area contributed by atoms with Crippen molar-refractivity contribution < 1.29 is 24.2 Å². The number of ether oxygens (including phenoxy) is 1. The van der Waals surface area contributed by atoms with Gasteiger partial charge in [0.1, 0.15) is 11.6 Å². The quantitative estimate of drug-likeness (QED) is 0.395. The highest BCUT2D eigenvalue weighted by atomic mass is 35.5. The van der Waals surface area contributed by atoms with Crippen molar-refractivity contribution in [3.05, 3.63) is 54.1 Å². The van der Waals surface area contributed by atoms with Crippen molar-refractivity contribution in [1.82, 2.24) is 9.80 Å². The molecule has 0 radical (unpaired) electrons. The van der Waals surface area contributed by atoms with E-state index in [-0.39, 0.29) is 37.4 Å². The van der Waals surface area contributed by atoms with Crippen molar-refractivity contribution in [3.63, 3.8) is 0 Å². The largest absolute Gasteiger partial charge is 0.396 e. The Morgan fingerprint density at radius 1 is 1.23 bits per heavy atom. The average molecular weight is 558 g/mol. The normalized spacial score (nSPS) is 28.9. The molecule has 3 aliphatic heterocycles. The van der Waals surface area contributed by atoms with E-state index < -0.39 is 29.1 Å². The van der Waals surface area contributed by atoms with Gasteiger partial charge in [-0.3, -0.25) is 14.4 Å². The highest BCUT2D eigenvalue weighted by Crippen LogP contribution is 2.63. The lowest BCUT2D eigenvalue weighted by molar-refractivity contribution is -0.149. The first-order valence-electron chi connectivity index (χ1n) is 13.8. The molecule has 0 aliphatic carbocycles. The summed E-state index contributed by atoms with van der Waals surface area (Å²) in [7, 11) is 0. The summed E-state index contributed by atoms with van der Waals surface area (Å²) in [6.07, 6.45) is 5.43. The Morgan fingerprint density at radius 3 is 2.56 bits per heavy atom. The zero-order chi connectivity index (χ0) is 28.5. The molecule has 1 aromatic carbocycles. The van der Waals surface area contributed by atoms with Crippen LogP contribution in [0.3, 0.4) is 0 Å². The van der Waals surface area contributed by atoms with Gasteiger partial charge in [0.2, 0.25) is 11.8 Å². The van der Waals surface area contributed by atoms with Gasteiger partial charge in [0.15, 0.2) is 0 Å². The van der Waals surface area contributed by atoms with Gasteiger partial charge in [-0.1, -0.05) is 42.8 Å². The molecular formula is C30H40ClN3O5. The molecule has 212 valence electrons. The summed E-state index contributed by atoms with van der Waals surface area (Å²) in [6.45, 7) is 14.6. The second kappa shape index (κ2) is 11.4. The first-order chi connectivity index (χ1) is 18.6. The molecule has 3 saturated heterocycles. The lowest BCUT2D eigenvalue weighted by Gasteiger charge is -2.37. The second-order valence-corrected chi connectivity index (χ2v) is 11.5. The van der Waals surface area contributed by atoms with E-state index in [9.17, 15) is 19.5 Å². The fraction of sp³-hybridized carbons (Fsp3) is 0.567. The number of hydrogen-bond acceptors (Lipinski definition) is 5. The number of benzene rings is 1. The zero-order valence-corrected chi connectivity index (χ0v) is 24.0. The third-order valence-corrected chi connectivity index (χ3v) is 8.83. The maximum atomic E-state index is 14.6. The number of para-hydroxylation sites is 1. The van der Waals surface area contributed by atoms with Gasteiger partial charge in [0.05, 0.1) is 28.1 Å². The number of hydrogen-bond donors (Lipinski definition) is 1. The fourth-order valence-electron chi connectivity index (χ4n) is 7.01. The molecule has 1 spiro atoms. The summed E-state index contributed by atoms with van der Waals surface area (Å²) in [4.78, 5) is 47.6. The molecule has 1 aromatic rings. The number of likely N-dealkylation sites (tertiary alicyclic amines) is 1. The standard InChI is InChI=1S/C30H40ClN3O5/c1-6-15-32(16-7-2)26(36)22-23-27(37)34(18-10-19-35)25(30(23)14-13-29(22,5)39-30)28(38)33(17-8-3)24-20(4)11-9-12-21(24)31/h6,8-9,11-12,22-23,25,35H,1,3,7,10,13-19H2,2,4-5H3/t22-,23+,25?,29+,30?/m1/s1. The topological polar surface area (TPSA) is 90.4 Å². The van der Waals surface area contributed by atoms with Crippen molar-refractivity contribution in [1.29, 1.82) is 0 Å². The van der Waals surface area contributed by atoms with Crippen molar-refractivity contribution in [2.75, 3.05) is 37.7 Å². The Kier molecular flexibility index (Phi) is 8.59. The molecule has 8 nitrogen and oxygen atoms in total. The van der Waals surface area contributed by atoms with Crippen LogP contribution in [0.4, 0.5) is 5.69 Å². The van der Waals surface area contributed by atoms with Crippen LogP contribution in [-0.2, 0) is 19.1 Å². The monoisotopic (exact) mass is 557 g/mol. The van der Waals surface area contributed by atoms with Gasteiger partial charge < -0.3 is 24.5 Å². The molecule has 1 N–H and O–H groups in total. The zero-order valence-electron chi connectivity index (χ0n) is 23.2. The lowest BCUT2D eigenvalue weighted by Crippen LogP contribution is -2.57. The minimum Gasteiger partial charge on any atom is -0.396 e. The van der Waals surface area contributed by atoms with Crippen molar-refractivity contribution >= 4 is 35.0 Å². The number of amides is 3. The highest BCUT2D eigenvalue weighted by Gasteiger charge is 2.78. The van der Waals surface area contributed by atoms with Crippen LogP contribution in [-0.4, -0.2) is 82.7 Å². The third kappa shape index (κ3) is 4.70. The molecule has 3 aliphatic rings. The summed E-state index contributed by atoms with van der Waals surface area (Å²) < 4.78 is 6.75. The maximum absolute atomic E-state index is 14.6. The highest BCUT2D eigenvalue weighted by molar-refractivity contribution is 6.34. The molecule has 4 rings (SSSR count). The van der Waals surface area contributed by atoms with Crippen LogP contribution >= 0.6 is 11.6 Å². The van der Waals surface area contributed by atoms with Crippen molar-refractivity contribution in [3.8, 4) is 0 Å². The van der Waals surface area contributed by atoms with Gasteiger partial charge >= 0.3 is 0 Å². The number of aryl methyl sites for hydroxylation is 1. The van der Waals surface area contributed by atoms with Gasteiger partial charge in [0.25, 0.3) is 5.91 Å². The van der Waals surface area contributed by atoms with E-state index in [0.717, 1.165) is 12.0 Å². The van der Waals surface area contributed by atoms with E-state index in [2.05, 4.69) is 13.2 Å². The van der Waals surface area contributed by atoms with Crippen LogP contribution in [0.15, 0.2) is 43.5 Å². The number of carbonyl (C=O) groups is 3. The summed E-state index contributed by atoms with van der Waals surface area (Å²) in [6, 6.07) is 4.47. The first kappa shape index (κ1) is 29.3. The Bertz CT molecular complexity index is 1140. The third-order valence-electron chi connectivity index (χ3n) is 8.52. The van der Waals surface area contributed by atoms with E-state index in [1.807, 2.05) is 32.9 Å². The van der Waals surface area contributed by atoms with Gasteiger partial charge in [-0.05, 0) is 51.2 Å². The number of anilines is 1. The van der Waals surface area contributed by atoms with Crippen molar-refractivity contribution in [2.45, 2.75) is 63.7 Å². The summed E-state index contributed by atoms with van der Waals surface area (Å²) >= 11 is 6.60. The smallest absolute Gasteiger partial charge is 0.253 e. The molecule has 9 heteroatoms. The van der Waals surface area contributed by atoms with Crippen LogP contribution in [0.1, 0.15) is 45.1 Å². The number of rotatable bonds is 12. The minimum absolute atomic E-state index is 0.132. The van der Waals surface area contributed by atoms with E-state index in [1.165, 1.54) is 4.90 Å². The van der Waals surface area contributed by atoms with Gasteiger partial charge in [-0.2, -0.15) is 0 Å². The summed E-state index contributed by atoms with van der Waals surface area (Å²) in [5.74, 6) is -2.24. The van der Waals surface area contributed by atoms with E-state index in [1.54, 1.807) is 28.0 Å². The van der Waals surface area contributed by atoms with E-state index >= 15 is 0 Å². The van der Waals surface area contributed by atoms with Crippen molar-refractivity contribution in [2.24, 2.45) is 11.8 Å². The fourth-order valence-corrected chi connectivity index (χ4v) is 7.33. The minimum atomic E-state index is -1.15. The molecule has 39 heavy (non-hydrogen) atoms. The van der Waals surface area contributed by atoms with Crippen LogP contribution in [0.5, 0.6) is 0 Å². The average Bonchev–Trinajstić information content (AvgIpc) is 3.46. The van der Waals surface area contributed by atoms with E-state index in [0.29, 0.717) is 43.1 Å². The molecule has 0 aromatic heterocycles. The van der Waals surface area contributed by atoms with Crippen LogP contribution in [0.2, 0.25) is 5.02 Å². The number of aliphatic hydroxyl groups excluding tert-OH is 1. The number of nitrogens with zero attached hydrogens (tertiary/aromatic N) is 3. The first-order valence-corrected chi connectivity index (χ1v) is 14.2. The Morgan fingerprint density at radius 2 is 1.95 bits per heavy atom. The molecule has 0 saturated carbocycles. The molecular weight excluding hydrogens is 518 g/mol. The van der Waals surface area contributed by atoms with E-state index in [4.69, 9.17) is 16.3 Å². The second-order valence-electron chi connectivity index (χ2n) is 11.1. The Hall–Kier alpha value is -2.68. The van der Waals surface area contributed by atoms with Gasteiger partial charge in [0, 0.05) is 32.8 Å². The van der Waals surface area contributed by atoms with Crippen LogP contribution < -0.4 is 4.90 Å². The molecule has 2 unspecified atom stereocenters. The molecule has 3 heterocycles. The Balaban J connectivity index is 1.82. The SMILES string of the molecule is C=CCN(CCC)C(=O)[C@H]1[C@H]2C(=O)N(CCCO)C(C(=O)N(CC=C)c3c(C)cccc3Cl)C23CC[C@]1(C)O3. The molecule has 5 atom stereocenters. The number of halogens is 1. The number of aliphatic hydroxyl groups is 1. The Labute approximate surface area is 236 Å². The molecule has 3 fully saturated rings. The summed E-state index contributed by atoms with van der Waals surface area (Å²) in [5, 5.41) is 10.0. The van der Waals surface area contributed by atoms with Crippen LogP contribution in [0, 0.1) is 18.8 Å². The van der Waals surface area contributed by atoms with Crippen LogP contribution in [0.25, 0.3) is 0 Å². The lowest BCUT2D eigenvalue weighted by atomic mass is 9.66. The predicted molar refractivity (Wildman–Crippen MR) is 151 cm³/mol. The number of carbonyl (C=O) groups excluding carboxylic acids is 3. The number of fused-ring (bicyclic) bond motifs is 1. The molecule has 3 amide bonds. The summed E-state index contributed by atoms with van der Waals surface area (Å²) in [5.41, 5.74) is -0.644. The maximum Gasteiger partial charge on any atom is 0.253 e. The van der Waals surface area contributed by atoms with Gasteiger partial charge in [-0.15, -0.1) is 13.2 Å². The van der Waals surface area contributed by atoms with Gasteiger partial charge in [-0.25, -0.2) is 0 Å². The predicted octanol–water partition coefficient (Wildman–Crippen LogP) is 3.74.